The Morgan fingerprint density at radius 2 is 1.84 bits per heavy atom. The number of aromatic nitrogens is 2. The minimum atomic E-state index is -0.510. The lowest BCUT2D eigenvalue weighted by atomic mass is 9.96. The fraction of sp³-hybridized carbons (Fsp3) is 0.292. The highest BCUT2D eigenvalue weighted by Gasteiger charge is 2.28. The maximum atomic E-state index is 13.9. The van der Waals surface area contributed by atoms with Crippen LogP contribution in [0.4, 0.5) is 15.9 Å². The summed E-state index contributed by atoms with van der Waals surface area (Å²) in [7, 11) is 1.40. The van der Waals surface area contributed by atoms with Gasteiger partial charge in [-0.25, -0.2) is 14.4 Å². The second-order valence-corrected chi connectivity index (χ2v) is 7.65. The third-order valence-electron chi connectivity index (χ3n) is 5.53. The van der Waals surface area contributed by atoms with Crippen molar-refractivity contribution in [1.82, 2.24) is 9.97 Å². The van der Waals surface area contributed by atoms with Crippen LogP contribution in [0.25, 0.3) is 0 Å². The molecule has 7 nitrogen and oxygen atoms in total. The predicted octanol–water partition coefficient (Wildman–Crippen LogP) is 4.58. The normalized spacial score (nSPS) is 14.2. The molecule has 1 aliphatic rings. The summed E-state index contributed by atoms with van der Waals surface area (Å²) in [6, 6.07) is 12.1. The van der Waals surface area contributed by atoms with E-state index in [9.17, 15) is 9.18 Å². The molecule has 0 unspecified atom stereocenters. The molecule has 8 heteroatoms. The third kappa shape index (κ3) is 4.80. The molecule has 0 spiro atoms. The minimum Gasteiger partial charge on any atom is -0.494 e. The SMILES string of the molecule is COc1ccc(NC(=O)C2CCN(c3nccnc3Oc3ccccc3C)CC2)cc1F. The van der Waals surface area contributed by atoms with Crippen molar-refractivity contribution in [3.05, 3.63) is 66.2 Å². The summed E-state index contributed by atoms with van der Waals surface area (Å²) in [4.78, 5) is 23.6. The van der Waals surface area contributed by atoms with Gasteiger partial charge in [0, 0.05) is 43.2 Å². The number of nitrogens with one attached hydrogen (secondary N) is 1. The van der Waals surface area contributed by atoms with Gasteiger partial charge in [-0.05, 0) is 43.5 Å². The summed E-state index contributed by atoms with van der Waals surface area (Å²) in [5, 5.41) is 2.80. The van der Waals surface area contributed by atoms with Crippen molar-refractivity contribution in [2.45, 2.75) is 19.8 Å². The molecule has 1 saturated heterocycles. The van der Waals surface area contributed by atoms with E-state index < -0.39 is 5.82 Å². The second-order valence-electron chi connectivity index (χ2n) is 7.65. The van der Waals surface area contributed by atoms with Crippen molar-refractivity contribution in [3.63, 3.8) is 0 Å². The van der Waals surface area contributed by atoms with E-state index in [-0.39, 0.29) is 17.6 Å². The Morgan fingerprint density at radius 1 is 1.09 bits per heavy atom. The van der Waals surface area contributed by atoms with E-state index in [0.717, 1.165) is 11.3 Å². The zero-order chi connectivity index (χ0) is 22.5. The van der Waals surface area contributed by atoms with Gasteiger partial charge in [-0.15, -0.1) is 0 Å². The number of hydrogen-bond acceptors (Lipinski definition) is 6. The molecule has 0 bridgehead atoms. The summed E-state index contributed by atoms with van der Waals surface area (Å²) in [5.41, 5.74) is 1.42. The van der Waals surface area contributed by atoms with Gasteiger partial charge in [-0.1, -0.05) is 18.2 Å². The topological polar surface area (TPSA) is 76.6 Å². The highest BCUT2D eigenvalue weighted by Crippen LogP contribution is 2.32. The smallest absolute Gasteiger partial charge is 0.263 e. The molecule has 0 aliphatic carbocycles. The minimum absolute atomic E-state index is 0.121. The Balaban J connectivity index is 1.39. The summed E-state index contributed by atoms with van der Waals surface area (Å²) >= 11 is 0. The molecule has 0 saturated carbocycles. The van der Waals surface area contributed by atoms with Gasteiger partial charge in [0.15, 0.2) is 17.4 Å². The molecule has 0 atom stereocenters. The number of benzene rings is 2. The van der Waals surface area contributed by atoms with Gasteiger partial charge in [0.1, 0.15) is 5.75 Å². The van der Waals surface area contributed by atoms with Crippen LogP contribution in [-0.2, 0) is 4.79 Å². The molecule has 4 rings (SSSR count). The number of nitrogens with zero attached hydrogens (tertiary/aromatic N) is 3. The number of ether oxygens (including phenoxy) is 2. The number of para-hydroxylation sites is 1. The molecule has 0 radical (unpaired) electrons. The van der Waals surface area contributed by atoms with Crippen molar-refractivity contribution in [3.8, 4) is 17.4 Å². The van der Waals surface area contributed by atoms with Gasteiger partial charge < -0.3 is 19.7 Å². The van der Waals surface area contributed by atoms with Crippen LogP contribution in [0.3, 0.4) is 0 Å². The zero-order valence-electron chi connectivity index (χ0n) is 18.0. The molecule has 1 aromatic heterocycles. The van der Waals surface area contributed by atoms with Crippen LogP contribution in [0.5, 0.6) is 17.4 Å². The van der Waals surface area contributed by atoms with E-state index in [1.165, 1.54) is 19.2 Å². The molecule has 3 aromatic rings. The number of halogens is 1. The van der Waals surface area contributed by atoms with Crippen LogP contribution in [0.2, 0.25) is 0 Å². The van der Waals surface area contributed by atoms with Crippen molar-refractivity contribution in [1.29, 1.82) is 0 Å². The molecule has 1 amide bonds. The monoisotopic (exact) mass is 436 g/mol. The van der Waals surface area contributed by atoms with E-state index in [0.29, 0.717) is 43.3 Å². The number of carbonyl (C=O) groups is 1. The van der Waals surface area contributed by atoms with Crippen LogP contribution in [0, 0.1) is 18.7 Å². The average Bonchev–Trinajstić information content (AvgIpc) is 2.81. The van der Waals surface area contributed by atoms with E-state index in [2.05, 4.69) is 20.2 Å². The fourth-order valence-corrected chi connectivity index (χ4v) is 3.72. The Hall–Kier alpha value is -3.68. The van der Waals surface area contributed by atoms with Gasteiger partial charge in [0.25, 0.3) is 5.88 Å². The third-order valence-corrected chi connectivity index (χ3v) is 5.53. The number of aryl methyl sites for hydroxylation is 1. The lowest BCUT2D eigenvalue weighted by Crippen LogP contribution is -2.38. The average molecular weight is 436 g/mol. The van der Waals surface area contributed by atoms with E-state index in [1.54, 1.807) is 18.5 Å². The molecular formula is C24H25FN4O3. The van der Waals surface area contributed by atoms with Crippen LogP contribution in [0.1, 0.15) is 18.4 Å². The van der Waals surface area contributed by atoms with Crippen molar-refractivity contribution >= 4 is 17.4 Å². The quantitative estimate of drug-likeness (QED) is 0.610. The van der Waals surface area contributed by atoms with Gasteiger partial charge >= 0.3 is 0 Å². The Morgan fingerprint density at radius 3 is 2.56 bits per heavy atom. The maximum absolute atomic E-state index is 13.9. The first-order valence-electron chi connectivity index (χ1n) is 10.5. The molecule has 1 fully saturated rings. The van der Waals surface area contributed by atoms with Crippen molar-refractivity contribution < 1.29 is 18.7 Å². The fourth-order valence-electron chi connectivity index (χ4n) is 3.72. The standard InChI is InChI=1S/C24H25FN4O3/c1-16-5-3-4-6-20(16)32-24-22(26-11-12-27-24)29-13-9-17(10-14-29)23(30)28-18-7-8-21(31-2)19(25)15-18/h3-8,11-12,15,17H,9-10,13-14H2,1-2H3,(H,28,30). The second kappa shape index (κ2) is 9.64. The number of methoxy groups -OCH3 is 1. The summed E-state index contributed by atoms with van der Waals surface area (Å²) in [5.74, 6) is 1.17. The van der Waals surface area contributed by atoms with Crippen LogP contribution in [-0.4, -0.2) is 36.1 Å². The molecule has 2 aromatic carbocycles. The lowest BCUT2D eigenvalue weighted by Gasteiger charge is -2.32. The van der Waals surface area contributed by atoms with Crippen LogP contribution >= 0.6 is 0 Å². The molecule has 2 heterocycles. The molecular weight excluding hydrogens is 411 g/mol. The number of rotatable bonds is 6. The number of hydrogen-bond donors (Lipinski definition) is 1. The van der Waals surface area contributed by atoms with Crippen LogP contribution < -0.4 is 19.7 Å². The first-order chi connectivity index (χ1) is 15.5. The van der Waals surface area contributed by atoms with E-state index in [1.807, 2.05) is 31.2 Å². The van der Waals surface area contributed by atoms with E-state index >= 15 is 0 Å². The molecule has 32 heavy (non-hydrogen) atoms. The highest BCUT2D eigenvalue weighted by atomic mass is 19.1. The van der Waals surface area contributed by atoms with Gasteiger partial charge in [-0.3, -0.25) is 4.79 Å². The Kier molecular flexibility index (Phi) is 6.49. The number of anilines is 2. The summed E-state index contributed by atoms with van der Waals surface area (Å²) < 4.78 is 24.8. The first kappa shape index (κ1) is 21.5. The zero-order valence-corrected chi connectivity index (χ0v) is 18.0. The van der Waals surface area contributed by atoms with Crippen molar-refractivity contribution in [2.24, 2.45) is 5.92 Å². The van der Waals surface area contributed by atoms with E-state index in [4.69, 9.17) is 9.47 Å². The molecule has 1 aliphatic heterocycles. The summed E-state index contributed by atoms with van der Waals surface area (Å²) in [6.45, 7) is 3.25. The van der Waals surface area contributed by atoms with Crippen molar-refractivity contribution in [2.75, 3.05) is 30.4 Å². The maximum Gasteiger partial charge on any atom is 0.263 e. The summed E-state index contributed by atoms with van der Waals surface area (Å²) in [6.07, 6.45) is 4.53. The van der Waals surface area contributed by atoms with Gasteiger partial charge in [0.05, 0.1) is 7.11 Å². The number of piperidine rings is 1. The Labute approximate surface area is 186 Å². The molecule has 166 valence electrons. The predicted molar refractivity (Wildman–Crippen MR) is 120 cm³/mol. The van der Waals surface area contributed by atoms with Gasteiger partial charge in [-0.2, -0.15) is 0 Å². The van der Waals surface area contributed by atoms with Gasteiger partial charge in [0.2, 0.25) is 5.91 Å². The number of carbonyl (C=O) groups excluding carboxylic acids is 1. The lowest BCUT2D eigenvalue weighted by molar-refractivity contribution is -0.120. The highest BCUT2D eigenvalue weighted by molar-refractivity contribution is 5.92. The van der Waals surface area contributed by atoms with Crippen LogP contribution in [0.15, 0.2) is 54.9 Å². The largest absolute Gasteiger partial charge is 0.494 e. The Bertz CT molecular complexity index is 1100. The molecule has 1 N–H and O–H groups in total. The first-order valence-corrected chi connectivity index (χ1v) is 10.5. The number of amides is 1.